The van der Waals surface area contributed by atoms with Crippen molar-refractivity contribution in [3.63, 3.8) is 0 Å². The van der Waals surface area contributed by atoms with E-state index in [2.05, 4.69) is 10.3 Å². The van der Waals surface area contributed by atoms with Crippen LogP contribution in [0.4, 0.5) is 9.18 Å². The molecule has 0 unspecified atom stereocenters. The van der Waals surface area contributed by atoms with E-state index in [0.29, 0.717) is 10.5 Å². The van der Waals surface area contributed by atoms with Gasteiger partial charge in [-0.05, 0) is 44.5 Å². The number of ether oxygens (including phenoxy) is 2. The minimum absolute atomic E-state index is 0.0639. The van der Waals surface area contributed by atoms with Gasteiger partial charge in [0.05, 0.1) is 24.6 Å². The number of amides is 5. The highest BCUT2D eigenvalue weighted by atomic mass is 19.1. The second-order valence-electron chi connectivity index (χ2n) is 10.7. The van der Waals surface area contributed by atoms with E-state index in [1.807, 2.05) is 0 Å². The second-order valence-corrected chi connectivity index (χ2v) is 10.7. The largest absolute Gasteiger partial charge is 0.494 e. The lowest BCUT2D eigenvalue weighted by Crippen LogP contribution is -2.52. The zero-order valence-electron chi connectivity index (χ0n) is 22.6. The summed E-state index contributed by atoms with van der Waals surface area (Å²) < 4.78 is 31.1. The number of rotatable bonds is 7. The third kappa shape index (κ3) is 4.50. The summed E-state index contributed by atoms with van der Waals surface area (Å²) >= 11 is 0. The zero-order chi connectivity index (χ0) is 29.9. The van der Waals surface area contributed by atoms with Crippen LogP contribution < -0.4 is 15.8 Å². The summed E-state index contributed by atoms with van der Waals surface area (Å²) in [6.45, 7) is 3.57. The van der Waals surface area contributed by atoms with Gasteiger partial charge in [-0.2, -0.15) is 0 Å². The molecular weight excluding hydrogens is 541 g/mol. The second kappa shape index (κ2) is 9.57. The fourth-order valence-electron chi connectivity index (χ4n) is 4.67. The molecule has 1 aromatic carbocycles. The van der Waals surface area contributed by atoms with E-state index in [1.54, 1.807) is 20.8 Å². The highest BCUT2D eigenvalue weighted by Gasteiger charge is 2.57. The van der Waals surface area contributed by atoms with E-state index in [9.17, 15) is 24.0 Å². The van der Waals surface area contributed by atoms with Crippen LogP contribution in [-0.2, 0) is 26.4 Å². The van der Waals surface area contributed by atoms with Crippen LogP contribution in [0.15, 0.2) is 34.7 Å². The lowest BCUT2D eigenvalue weighted by atomic mass is 9.95. The number of nitrogens with zero attached hydrogens (tertiary/aromatic N) is 3. The Kier molecular flexibility index (Phi) is 6.43. The Balaban J connectivity index is 1.55. The molecule has 2 aliphatic rings. The van der Waals surface area contributed by atoms with Gasteiger partial charge in [0.25, 0.3) is 17.7 Å². The number of furan rings is 1. The molecule has 5 amide bonds. The van der Waals surface area contributed by atoms with E-state index in [-0.39, 0.29) is 40.4 Å². The highest BCUT2D eigenvalue weighted by Crippen LogP contribution is 2.38. The van der Waals surface area contributed by atoms with Crippen molar-refractivity contribution in [2.24, 2.45) is 11.1 Å². The number of carbonyl (C=O) groups is 5. The van der Waals surface area contributed by atoms with Crippen molar-refractivity contribution >= 4 is 40.8 Å². The molecule has 14 heteroatoms. The van der Waals surface area contributed by atoms with Crippen molar-refractivity contribution in [1.29, 1.82) is 0 Å². The number of esters is 1. The minimum atomic E-state index is -2.02. The molecule has 0 radical (unpaired) electrons. The molecule has 1 atom stereocenters. The maximum absolute atomic E-state index is 15.0. The molecule has 3 N–H and O–H groups in total. The molecule has 0 saturated carbocycles. The van der Waals surface area contributed by atoms with E-state index < -0.39 is 59.8 Å². The predicted molar refractivity (Wildman–Crippen MR) is 138 cm³/mol. The number of pyridine rings is 1. The molecule has 0 aliphatic carbocycles. The number of aromatic nitrogens is 1. The number of carbonyl (C=O) groups excluding carboxylic acids is 5. The van der Waals surface area contributed by atoms with Gasteiger partial charge in [-0.1, -0.05) is 6.07 Å². The number of benzene rings is 1. The number of hydrogen-bond acceptors (Lipinski definition) is 9. The minimum Gasteiger partial charge on any atom is -0.494 e. The summed E-state index contributed by atoms with van der Waals surface area (Å²) in [5.41, 5.74) is 2.80. The molecule has 1 saturated heterocycles. The SMILES string of the molecule is COc1ccc2c(c1F)C(=O)N(C[C@@]1(c3cc4nc(C(N)=O)ccc4o3)NC(=O)N(COC(=O)C(C)(C)C)C1=O)C2. The number of nitrogens with one attached hydrogen (secondary N) is 1. The number of hydrogen-bond donors (Lipinski definition) is 2. The summed E-state index contributed by atoms with van der Waals surface area (Å²) in [5.74, 6) is -4.17. The van der Waals surface area contributed by atoms with E-state index in [4.69, 9.17) is 19.6 Å². The molecule has 13 nitrogen and oxygen atoms in total. The number of urea groups is 1. The molecule has 0 spiro atoms. The normalized spacial score (nSPS) is 18.6. The number of fused-ring (bicyclic) bond motifs is 2. The summed E-state index contributed by atoms with van der Waals surface area (Å²) in [7, 11) is 1.27. The van der Waals surface area contributed by atoms with Crippen molar-refractivity contribution in [3.8, 4) is 5.75 Å². The van der Waals surface area contributed by atoms with Crippen LogP contribution in [-0.4, -0.2) is 64.9 Å². The third-order valence-electron chi connectivity index (χ3n) is 6.86. The van der Waals surface area contributed by atoms with E-state index >= 15 is 4.39 Å². The number of methoxy groups -OCH3 is 1. The Morgan fingerprint density at radius 1 is 1.20 bits per heavy atom. The quantitative estimate of drug-likeness (QED) is 0.320. The smallest absolute Gasteiger partial charge is 0.328 e. The van der Waals surface area contributed by atoms with Crippen molar-refractivity contribution in [2.75, 3.05) is 20.4 Å². The van der Waals surface area contributed by atoms with Crippen molar-refractivity contribution in [1.82, 2.24) is 20.1 Å². The standard InChI is InChI=1S/C27H26FN5O8/c1-26(2,3)24(37)40-12-33-23(36)27(31-25(33)38,18-9-15-16(41-18)8-6-14(30-15)21(29)34)11-32-10-13-5-7-17(39-4)20(28)19(13)22(32)35/h5-9H,10-12H2,1-4H3,(H2,29,34)(H,31,38)/t27-/m0/s1. The first kappa shape index (κ1) is 27.6. The summed E-state index contributed by atoms with van der Waals surface area (Å²) in [6, 6.07) is 6.08. The van der Waals surface area contributed by atoms with E-state index in [1.165, 1.54) is 42.3 Å². The van der Waals surface area contributed by atoms with Gasteiger partial charge < -0.3 is 29.8 Å². The molecular formula is C27H26FN5O8. The summed E-state index contributed by atoms with van der Waals surface area (Å²) in [5, 5.41) is 2.58. The van der Waals surface area contributed by atoms with Crippen molar-refractivity contribution < 1.29 is 42.3 Å². The van der Waals surface area contributed by atoms with Crippen LogP contribution in [0.25, 0.3) is 11.1 Å². The fraction of sp³-hybridized carbons (Fsp3) is 0.333. The molecule has 1 fully saturated rings. The van der Waals surface area contributed by atoms with Crippen molar-refractivity contribution in [2.45, 2.75) is 32.9 Å². The van der Waals surface area contributed by atoms with Gasteiger partial charge in [-0.15, -0.1) is 0 Å². The summed E-state index contributed by atoms with van der Waals surface area (Å²) in [6.07, 6.45) is 0. The first-order valence-electron chi connectivity index (χ1n) is 12.4. The van der Waals surface area contributed by atoms with Gasteiger partial charge in [0, 0.05) is 12.6 Å². The Morgan fingerprint density at radius 3 is 2.59 bits per heavy atom. The van der Waals surface area contributed by atoms with Gasteiger partial charge in [0.1, 0.15) is 17.0 Å². The highest BCUT2D eigenvalue weighted by molar-refractivity contribution is 6.08. The molecule has 2 aromatic heterocycles. The fourth-order valence-corrected chi connectivity index (χ4v) is 4.67. The Morgan fingerprint density at radius 2 is 1.93 bits per heavy atom. The Hall–Kier alpha value is -5.01. The molecule has 41 heavy (non-hydrogen) atoms. The van der Waals surface area contributed by atoms with Crippen LogP contribution >= 0.6 is 0 Å². The molecule has 214 valence electrons. The van der Waals surface area contributed by atoms with Crippen LogP contribution in [0, 0.1) is 11.2 Å². The average Bonchev–Trinajstić information content (AvgIpc) is 3.55. The van der Waals surface area contributed by atoms with E-state index in [0.717, 1.165) is 0 Å². The van der Waals surface area contributed by atoms with Gasteiger partial charge in [-0.25, -0.2) is 19.1 Å². The lowest BCUT2D eigenvalue weighted by Gasteiger charge is -2.29. The first-order chi connectivity index (χ1) is 19.3. The molecule has 0 bridgehead atoms. The number of primary amides is 1. The molecule has 5 rings (SSSR count). The maximum atomic E-state index is 15.0. The van der Waals surface area contributed by atoms with Gasteiger partial charge in [0.2, 0.25) is 0 Å². The maximum Gasteiger partial charge on any atom is 0.328 e. The molecule has 3 aromatic rings. The predicted octanol–water partition coefficient (Wildman–Crippen LogP) is 2.02. The van der Waals surface area contributed by atoms with Crippen LogP contribution in [0.5, 0.6) is 5.75 Å². The third-order valence-corrected chi connectivity index (χ3v) is 6.86. The Bertz CT molecular complexity index is 1640. The average molecular weight is 568 g/mol. The topological polar surface area (TPSA) is 174 Å². The van der Waals surface area contributed by atoms with Gasteiger partial charge in [-0.3, -0.25) is 19.2 Å². The number of halogens is 1. The van der Waals surface area contributed by atoms with Gasteiger partial charge in [0.15, 0.2) is 29.4 Å². The molecule has 2 aliphatic heterocycles. The number of nitrogens with two attached hydrogens (primary N) is 1. The van der Waals surface area contributed by atoms with Crippen LogP contribution in [0.1, 0.15) is 52.9 Å². The van der Waals surface area contributed by atoms with Crippen molar-refractivity contribution in [3.05, 3.63) is 58.7 Å². The monoisotopic (exact) mass is 567 g/mol. The van der Waals surface area contributed by atoms with Crippen LogP contribution in [0.3, 0.4) is 0 Å². The zero-order valence-corrected chi connectivity index (χ0v) is 22.6. The first-order valence-corrected chi connectivity index (χ1v) is 12.4. The van der Waals surface area contributed by atoms with Gasteiger partial charge >= 0.3 is 12.0 Å². The molecule has 4 heterocycles. The Labute approximate surface area is 232 Å². The lowest BCUT2D eigenvalue weighted by molar-refractivity contribution is -0.158. The number of imide groups is 1. The summed E-state index contributed by atoms with van der Waals surface area (Å²) in [4.78, 5) is 70.4. The van der Waals surface area contributed by atoms with Crippen LogP contribution in [0.2, 0.25) is 0 Å².